The van der Waals surface area contributed by atoms with Gasteiger partial charge in [-0.3, -0.25) is 4.79 Å². The van der Waals surface area contributed by atoms with Gasteiger partial charge in [-0.2, -0.15) is 0 Å². The van der Waals surface area contributed by atoms with Gasteiger partial charge in [0, 0.05) is 31.4 Å². The van der Waals surface area contributed by atoms with Gasteiger partial charge in [0.25, 0.3) is 0 Å². The van der Waals surface area contributed by atoms with Crippen molar-refractivity contribution in [1.29, 1.82) is 0 Å². The van der Waals surface area contributed by atoms with E-state index in [1.54, 1.807) is 0 Å². The molecule has 110 valence electrons. The lowest BCUT2D eigenvalue weighted by Gasteiger charge is -2.33. The molecule has 0 aliphatic carbocycles. The Morgan fingerprint density at radius 3 is 2.60 bits per heavy atom. The fraction of sp³-hybridized carbons (Fsp3) is 0.562. The van der Waals surface area contributed by atoms with Crippen molar-refractivity contribution in [3.8, 4) is 0 Å². The van der Waals surface area contributed by atoms with E-state index in [0.717, 1.165) is 31.6 Å². The molecule has 0 aromatic heterocycles. The molecule has 1 aliphatic heterocycles. The van der Waals surface area contributed by atoms with Crippen molar-refractivity contribution in [2.75, 3.05) is 24.5 Å². The van der Waals surface area contributed by atoms with Crippen LogP contribution < -0.4 is 15.5 Å². The number of carbonyl (C=O) groups is 1. The maximum Gasteiger partial charge on any atom is 0.245 e. The Morgan fingerprint density at radius 2 is 2.00 bits per heavy atom. The van der Waals surface area contributed by atoms with Crippen molar-refractivity contribution in [3.05, 3.63) is 30.3 Å². The number of nitrogens with zero attached hydrogens (tertiary/aromatic N) is 1. The van der Waals surface area contributed by atoms with Crippen LogP contribution in [0.25, 0.3) is 0 Å². The van der Waals surface area contributed by atoms with Gasteiger partial charge in [0.05, 0.1) is 6.04 Å². The molecule has 4 heteroatoms. The van der Waals surface area contributed by atoms with Crippen LogP contribution >= 0.6 is 0 Å². The second kappa shape index (κ2) is 7.41. The van der Waals surface area contributed by atoms with E-state index in [2.05, 4.69) is 24.5 Å². The standard InChI is InChI=1S/C16H25N3O/c1-3-4-10-19(14-8-6-5-7-9-14)16(20)15-12-17-13(2)11-18-15/h5-9,13,15,17-18H,3-4,10-12H2,1-2H3. The van der Waals surface area contributed by atoms with Gasteiger partial charge in [-0.25, -0.2) is 0 Å². The van der Waals surface area contributed by atoms with Gasteiger partial charge >= 0.3 is 0 Å². The van der Waals surface area contributed by atoms with Crippen LogP contribution in [0.4, 0.5) is 5.69 Å². The molecular formula is C16H25N3O. The number of hydrogen-bond acceptors (Lipinski definition) is 3. The Balaban J connectivity index is 2.08. The van der Waals surface area contributed by atoms with Crippen LogP contribution in [0.3, 0.4) is 0 Å². The molecule has 0 radical (unpaired) electrons. The fourth-order valence-corrected chi connectivity index (χ4v) is 2.44. The molecule has 1 amide bonds. The van der Waals surface area contributed by atoms with Crippen LogP contribution in [-0.2, 0) is 4.79 Å². The summed E-state index contributed by atoms with van der Waals surface area (Å²) in [5.74, 6) is 0.170. The number of piperazine rings is 1. The molecular weight excluding hydrogens is 250 g/mol. The number of para-hydroxylation sites is 1. The first-order valence-corrected chi connectivity index (χ1v) is 7.55. The fourth-order valence-electron chi connectivity index (χ4n) is 2.44. The zero-order valence-electron chi connectivity index (χ0n) is 12.4. The summed E-state index contributed by atoms with van der Waals surface area (Å²) in [4.78, 5) is 14.7. The maximum atomic E-state index is 12.7. The number of amides is 1. The molecule has 1 aliphatic rings. The lowest BCUT2D eigenvalue weighted by Crippen LogP contribution is -2.59. The van der Waals surface area contributed by atoms with Crippen LogP contribution in [0, 0.1) is 0 Å². The third kappa shape index (κ3) is 3.81. The summed E-state index contributed by atoms with van der Waals surface area (Å²) in [6.07, 6.45) is 2.11. The number of hydrogen-bond donors (Lipinski definition) is 2. The van der Waals surface area contributed by atoms with Crippen molar-refractivity contribution >= 4 is 11.6 Å². The Hall–Kier alpha value is -1.39. The summed E-state index contributed by atoms with van der Waals surface area (Å²) >= 11 is 0. The summed E-state index contributed by atoms with van der Waals surface area (Å²) in [7, 11) is 0. The van der Waals surface area contributed by atoms with Crippen LogP contribution in [-0.4, -0.2) is 37.6 Å². The highest BCUT2D eigenvalue weighted by atomic mass is 16.2. The molecule has 0 bridgehead atoms. The average Bonchev–Trinajstić information content (AvgIpc) is 2.49. The topological polar surface area (TPSA) is 44.4 Å². The molecule has 1 fully saturated rings. The Bertz CT molecular complexity index is 413. The van der Waals surface area contributed by atoms with E-state index in [1.165, 1.54) is 0 Å². The normalized spacial score (nSPS) is 22.5. The van der Waals surface area contributed by atoms with Gasteiger partial charge in [-0.05, 0) is 25.5 Å². The van der Waals surface area contributed by atoms with E-state index in [1.807, 2.05) is 35.2 Å². The number of anilines is 1. The van der Waals surface area contributed by atoms with E-state index in [0.29, 0.717) is 12.6 Å². The molecule has 1 saturated heterocycles. The first-order valence-electron chi connectivity index (χ1n) is 7.55. The number of unbranched alkanes of at least 4 members (excludes halogenated alkanes) is 1. The highest BCUT2D eigenvalue weighted by molar-refractivity contribution is 5.97. The van der Waals surface area contributed by atoms with Gasteiger partial charge in [-0.15, -0.1) is 0 Å². The molecule has 4 nitrogen and oxygen atoms in total. The van der Waals surface area contributed by atoms with Crippen LogP contribution in [0.2, 0.25) is 0 Å². The third-order valence-electron chi connectivity index (χ3n) is 3.71. The van der Waals surface area contributed by atoms with Crippen LogP contribution in [0.1, 0.15) is 26.7 Å². The average molecular weight is 275 g/mol. The summed E-state index contributed by atoms with van der Waals surface area (Å²) in [6, 6.07) is 10.3. The van der Waals surface area contributed by atoms with Gasteiger partial charge in [0.15, 0.2) is 0 Å². The Kier molecular flexibility index (Phi) is 5.56. The molecule has 2 N–H and O–H groups in total. The SMILES string of the molecule is CCCCN(C(=O)C1CNC(C)CN1)c1ccccc1. The molecule has 0 saturated carbocycles. The van der Waals surface area contributed by atoms with E-state index in [9.17, 15) is 4.79 Å². The van der Waals surface area contributed by atoms with Crippen molar-refractivity contribution in [2.24, 2.45) is 0 Å². The lowest BCUT2D eigenvalue weighted by atomic mass is 10.1. The lowest BCUT2D eigenvalue weighted by molar-refractivity contribution is -0.120. The van der Waals surface area contributed by atoms with E-state index in [4.69, 9.17) is 0 Å². The molecule has 1 aromatic carbocycles. The molecule has 1 aromatic rings. The summed E-state index contributed by atoms with van der Waals surface area (Å²) in [5.41, 5.74) is 0.992. The third-order valence-corrected chi connectivity index (χ3v) is 3.71. The first-order chi connectivity index (χ1) is 9.72. The molecule has 2 rings (SSSR count). The molecule has 20 heavy (non-hydrogen) atoms. The van der Waals surface area contributed by atoms with Crippen LogP contribution in [0.15, 0.2) is 30.3 Å². The number of carbonyl (C=O) groups excluding carboxylic acids is 1. The minimum Gasteiger partial charge on any atom is -0.311 e. The monoisotopic (exact) mass is 275 g/mol. The second-order valence-electron chi connectivity index (χ2n) is 5.45. The minimum absolute atomic E-state index is 0.122. The number of benzene rings is 1. The first kappa shape index (κ1) is 15.0. The van der Waals surface area contributed by atoms with E-state index < -0.39 is 0 Å². The number of nitrogens with one attached hydrogen (secondary N) is 2. The molecule has 2 atom stereocenters. The Labute approximate surface area is 121 Å². The van der Waals surface area contributed by atoms with Gasteiger partial charge in [-0.1, -0.05) is 31.5 Å². The van der Waals surface area contributed by atoms with Crippen molar-refractivity contribution in [3.63, 3.8) is 0 Å². The van der Waals surface area contributed by atoms with Gasteiger partial charge < -0.3 is 15.5 Å². The second-order valence-corrected chi connectivity index (χ2v) is 5.45. The van der Waals surface area contributed by atoms with Gasteiger partial charge in [0.1, 0.15) is 0 Å². The predicted octanol–water partition coefficient (Wildman–Crippen LogP) is 1.77. The minimum atomic E-state index is -0.122. The molecule has 0 spiro atoms. The number of rotatable bonds is 5. The summed E-state index contributed by atoms with van der Waals surface area (Å²) in [6.45, 7) is 6.60. The predicted molar refractivity (Wildman–Crippen MR) is 83.0 cm³/mol. The summed E-state index contributed by atoms with van der Waals surface area (Å²) in [5, 5.41) is 6.71. The van der Waals surface area contributed by atoms with Crippen molar-refractivity contribution in [1.82, 2.24) is 10.6 Å². The maximum absolute atomic E-state index is 12.7. The molecule has 2 unspecified atom stereocenters. The highest BCUT2D eigenvalue weighted by Crippen LogP contribution is 2.16. The Morgan fingerprint density at radius 1 is 1.25 bits per heavy atom. The zero-order chi connectivity index (χ0) is 14.4. The van der Waals surface area contributed by atoms with Gasteiger partial charge in [0.2, 0.25) is 5.91 Å². The van der Waals surface area contributed by atoms with Crippen molar-refractivity contribution in [2.45, 2.75) is 38.8 Å². The largest absolute Gasteiger partial charge is 0.311 e. The van der Waals surface area contributed by atoms with Crippen LogP contribution in [0.5, 0.6) is 0 Å². The zero-order valence-corrected chi connectivity index (χ0v) is 12.4. The van der Waals surface area contributed by atoms with E-state index >= 15 is 0 Å². The molecule has 1 heterocycles. The van der Waals surface area contributed by atoms with Crippen molar-refractivity contribution < 1.29 is 4.79 Å². The quantitative estimate of drug-likeness (QED) is 0.861. The highest BCUT2D eigenvalue weighted by Gasteiger charge is 2.27. The summed E-state index contributed by atoms with van der Waals surface area (Å²) < 4.78 is 0. The smallest absolute Gasteiger partial charge is 0.245 e. The van der Waals surface area contributed by atoms with E-state index in [-0.39, 0.29) is 11.9 Å².